The molecule has 5 nitrogen and oxygen atoms in total. The van der Waals surface area contributed by atoms with Crippen molar-refractivity contribution in [3.8, 4) is 0 Å². The lowest BCUT2D eigenvalue weighted by atomic mass is 10.1. The summed E-state index contributed by atoms with van der Waals surface area (Å²) >= 11 is 0.944. The molecule has 1 aliphatic rings. The molecule has 2 amide bonds. The molecule has 108 valence electrons. The maximum absolute atomic E-state index is 12.5. The van der Waals surface area contributed by atoms with Gasteiger partial charge in [-0.2, -0.15) is 0 Å². The Morgan fingerprint density at radius 2 is 2.05 bits per heavy atom. The highest BCUT2D eigenvalue weighted by Crippen LogP contribution is 2.24. The molecule has 1 aromatic carbocycles. The first-order valence-corrected chi connectivity index (χ1v) is 7.68. The van der Waals surface area contributed by atoms with E-state index in [-0.39, 0.29) is 29.2 Å². The van der Waals surface area contributed by atoms with Crippen LogP contribution in [0.15, 0.2) is 30.5 Å². The second kappa shape index (κ2) is 5.37. The molecule has 1 fully saturated rings. The van der Waals surface area contributed by atoms with Crippen LogP contribution in [0.5, 0.6) is 0 Å². The summed E-state index contributed by atoms with van der Waals surface area (Å²) in [4.78, 5) is 36.7. The largest absolute Gasteiger partial charge is 0.347 e. The van der Waals surface area contributed by atoms with Crippen LogP contribution in [0.25, 0.3) is 10.9 Å². The third kappa shape index (κ3) is 2.35. The molecule has 2 heterocycles. The van der Waals surface area contributed by atoms with Gasteiger partial charge in [0.1, 0.15) is 0 Å². The molecule has 6 heteroatoms. The highest BCUT2D eigenvalue weighted by atomic mass is 32.2. The number of hydrogen-bond donors (Lipinski definition) is 0. The number of thioether (sulfide) groups is 1. The number of amides is 2. The van der Waals surface area contributed by atoms with E-state index in [9.17, 15) is 14.4 Å². The normalized spacial score (nSPS) is 15.2. The maximum atomic E-state index is 12.5. The van der Waals surface area contributed by atoms with E-state index in [0.717, 1.165) is 34.1 Å². The number of ketones is 1. The average Bonchev–Trinajstić information content (AvgIpc) is 3.02. The van der Waals surface area contributed by atoms with Crippen molar-refractivity contribution in [1.82, 2.24) is 9.47 Å². The molecule has 0 atom stereocenters. The van der Waals surface area contributed by atoms with Crippen LogP contribution < -0.4 is 0 Å². The third-order valence-corrected chi connectivity index (χ3v) is 4.43. The molecule has 1 aliphatic heterocycles. The smallest absolute Gasteiger partial charge is 0.289 e. The minimum atomic E-state index is -0.340. The number of carbonyl (C=O) groups excluding carboxylic acids is 3. The zero-order chi connectivity index (χ0) is 15.0. The molecule has 0 N–H and O–H groups in total. The summed E-state index contributed by atoms with van der Waals surface area (Å²) in [6, 6.07) is 7.64. The van der Waals surface area contributed by atoms with Gasteiger partial charge in [-0.15, -0.1) is 0 Å². The molecule has 0 bridgehead atoms. The van der Waals surface area contributed by atoms with Gasteiger partial charge in [-0.1, -0.05) is 30.0 Å². The van der Waals surface area contributed by atoms with Crippen LogP contribution in [0, 0.1) is 0 Å². The van der Waals surface area contributed by atoms with Crippen molar-refractivity contribution in [2.45, 2.75) is 13.5 Å². The van der Waals surface area contributed by atoms with Crippen molar-refractivity contribution in [1.29, 1.82) is 0 Å². The van der Waals surface area contributed by atoms with Gasteiger partial charge in [0.2, 0.25) is 5.91 Å². The second-order valence-corrected chi connectivity index (χ2v) is 5.73. The number of aryl methyl sites for hydroxylation is 1. The first-order valence-electron chi connectivity index (χ1n) is 6.70. The lowest BCUT2D eigenvalue weighted by molar-refractivity contribution is -0.124. The number of aromatic nitrogens is 1. The van der Waals surface area contributed by atoms with Gasteiger partial charge in [0, 0.05) is 29.2 Å². The second-order valence-electron chi connectivity index (χ2n) is 4.80. The summed E-state index contributed by atoms with van der Waals surface area (Å²) in [6.07, 6.45) is 1.80. The van der Waals surface area contributed by atoms with Gasteiger partial charge in [0.15, 0.2) is 5.78 Å². The fourth-order valence-electron chi connectivity index (χ4n) is 2.49. The minimum absolute atomic E-state index is 0.128. The first kappa shape index (κ1) is 13.9. The zero-order valence-corrected chi connectivity index (χ0v) is 12.4. The predicted molar refractivity (Wildman–Crippen MR) is 81.5 cm³/mol. The van der Waals surface area contributed by atoms with E-state index in [1.807, 2.05) is 35.8 Å². The van der Waals surface area contributed by atoms with Gasteiger partial charge >= 0.3 is 0 Å². The number of imide groups is 1. The van der Waals surface area contributed by atoms with E-state index < -0.39 is 0 Å². The van der Waals surface area contributed by atoms with Gasteiger partial charge in [-0.3, -0.25) is 19.3 Å². The minimum Gasteiger partial charge on any atom is -0.347 e. The molecular formula is C15H14N2O3S. The van der Waals surface area contributed by atoms with Gasteiger partial charge in [0.05, 0.1) is 12.3 Å². The molecule has 0 unspecified atom stereocenters. The number of para-hydroxylation sites is 1. The number of Topliss-reactive ketones (excluding diaryl/α,β-unsaturated/α-hetero) is 1. The molecule has 1 saturated heterocycles. The van der Waals surface area contributed by atoms with Crippen molar-refractivity contribution in [2.24, 2.45) is 0 Å². The van der Waals surface area contributed by atoms with Crippen LogP contribution in [0.2, 0.25) is 0 Å². The highest BCUT2D eigenvalue weighted by Gasteiger charge is 2.32. The molecule has 0 spiro atoms. The van der Waals surface area contributed by atoms with E-state index in [0.29, 0.717) is 5.56 Å². The summed E-state index contributed by atoms with van der Waals surface area (Å²) < 4.78 is 1.99. The van der Waals surface area contributed by atoms with Crippen LogP contribution in [0.1, 0.15) is 17.3 Å². The van der Waals surface area contributed by atoms with Crippen molar-refractivity contribution in [3.05, 3.63) is 36.0 Å². The number of nitrogens with zero attached hydrogens (tertiary/aromatic N) is 2. The Hall–Kier alpha value is -2.08. The number of fused-ring (bicyclic) bond motifs is 1. The van der Waals surface area contributed by atoms with Gasteiger partial charge < -0.3 is 4.57 Å². The monoisotopic (exact) mass is 302 g/mol. The van der Waals surface area contributed by atoms with Crippen LogP contribution in [-0.4, -0.2) is 38.7 Å². The summed E-state index contributed by atoms with van der Waals surface area (Å²) in [5.74, 6) is -0.372. The van der Waals surface area contributed by atoms with E-state index in [4.69, 9.17) is 0 Å². The van der Waals surface area contributed by atoms with E-state index in [2.05, 4.69) is 0 Å². The molecule has 1 aromatic heterocycles. The summed E-state index contributed by atoms with van der Waals surface area (Å²) in [7, 11) is 0. The Balaban J connectivity index is 1.95. The lowest BCUT2D eigenvalue weighted by Crippen LogP contribution is -2.33. The van der Waals surface area contributed by atoms with Crippen molar-refractivity contribution in [2.75, 3.05) is 12.3 Å². The van der Waals surface area contributed by atoms with E-state index >= 15 is 0 Å². The topological polar surface area (TPSA) is 59.4 Å². The van der Waals surface area contributed by atoms with Gasteiger partial charge in [-0.05, 0) is 13.0 Å². The van der Waals surface area contributed by atoms with Crippen LogP contribution in [-0.2, 0) is 11.3 Å². The standard InChI is InChI=1S/C15H14N2O3S/c1-2-16-7-11(10-5-3-4-6-12(10)16)13(18)8-17-14(19)9-21-15(17)20/h3-7H,2,8-9H2,1H3. The molecular weight excluding hydrogens is 288 g/mol. The number of benzene rings is 1. The average molecular weight is 302 g/mol. The SMILES string of the molecule is CCn1cc(C(=O)CN2C(=O)CSC2=O)c2ccccc21. The number of carbonyl (C=O) groups is 3. The maximum Gasteiger partial charge on any atom is 0.289 e. The summed E-state index contributed by atoms with van der Waals surface area (Å²) in [5.41, 5.74) is 1.54. The van der Waals surface area contributed by atoms with Gasteiger partial charge in [-0.25, -0.2) is 0 Å². The van der Waals surface area contributed by atoms with Crippen molar-refractivity contribution < 1.29 is 14.4 Å². The Labute approximate surface area is 125 Å². The first-order chi connectivity index (χ1) is 10.1. The van der Waals surface area contributed by atoms with Crippen molar-refractivity contribution >= 4 is 39.6 Å². The zero-order valence-electron chi connectivity index (χ0n) is 11.5. The molecule has 0 aliphatic carbocycles. The van der Waals surface area contributed by atoms with Crippen LogP contribution >= 0.6 is 11.8 Å². The molecule has 21 heavy (non-hydrogen) atoms. The van der Waals surface area contributed by atoms with Crippen LogP contribution in [0.4, 0.5) is 4.79 Å². The van der Waals surface area contributed by atoms with Gasteiger partial charge in [0.25, 0.3) is 5.24 Å². The van der Waals surface area contributed by atoms with E-state index in [1.165, 1.54) is 0 Å². The van der Waals surface area contributed by atoms with Crippen molar-refractivity contribution in [3.63, 3.8) is 0 Å². The fourth-order valence-corrected chi connectivity index (χ4v) is 3.22. The molecule has 3 rings (SSSR count). The quantitative estimate of drug-likeness (QED) is 0.814. The number of rotatable bonds is 4. The summed E-state index contributed by atoms with van der Waals surface area (Å²) in [5, 5.41) is 0.517. The third-order valence-electron chi connectivity index (χ3n) is 3.57. The fraction of sp³-hybridized carbons (Fsp3) is 0.267. The summed E-state index contributed by atoms with van der Waals surface area (Å²) in [6.45, 7) is 2.58. The predicted octanol–water partition coefficient (Wildman–Crippen LogP) is 2.54. The van der Waals surface area contributed by atoms with E-state index in [1.54, 1.807) is 6.20 Å². The van der Waals surface area contributed by atoms with Crippen LogP contribution in [0.3, 0.4) is 0 Å². The Kier molecular flexibility index (Phi) is 3.55. The number of hydrogen-bond acceptors (Lipinski definition) is 4. The molecule has 0 saturated carbocycles. The highest BCUT2D eigenvalue weighted by molar-refractivity contribution is 8.14. The lowest BCUT2D eigenvalue weighted by Gasteiger charge is -2.10. The Morgan fingerprint density at radius 3 is 2.71 bits per heavy atom. The molecule has 2 aromatic rings. The Bertz CT molecular complexity index is 734. The Morgan fingerprint density at radius 1 is 1.29 bits per heavy atom. The molecule has 0 radical (unpaired) electrons.